The summed E-state index contributed by atoms with van der Waals surface area (Å²) in [5.41, 5.74) is 0.104. The first kappa shape index (κ1) is 22.8. The Morgan fingerprint density at radius 1 is 1.21 bits per heavy atom. The topological polar surface area (TPSA) is 103 Å². The molecule has 0 atom stereocenters. The van der Waals surface area contributed by atoms with Crippen molar-refractivity contribution < 1.29 is 28.6 Å². The molecular formula is C20H27ClN2O6. The van der Waals surface area contributed by atoms with Crippen LogP contribution in [0.1, 0.15) is 49.9 Å². The number of carbonyl (C=O) groups excluding carboxylic acids is 3. The number of hydrogen-bond donors (Lipinski definition) is 2. The Hall–Kier alpha value is -2.48. The minimum absolute atomic E-state index is 0.0800. The molecule has 1 saturated carbocycles. The second-order valence-electron chi connectivity index (χ2n) is 7.27. The number of urea groups is 1. The Labute approximate surface area is 175 Å². The van der Waals surface area contributed by atoms with Gasteiger partial charge in [-0.3, -0.25) is 10.1 Å². The van der Waals surface area contributed by atoms with Crippen LogP contribution in [0.2, 0.25) is 5.02 Å². The minimum Gasteiger partial charge on any atom is -0.493 e. The highest BCUT2D eigenvalue weighted by Crippen LogP contribution is 2.36. The molecule has 1 aromatic rings. The van der Waals surface area contributed by atoms with Crippen LogP contribution in [0, 0.1) is 5.92 Å². The van der Waals surface area contributed by atoms with Crippen LogP contribution in [0.3, 0.4) is 0 Å². The van der Waals surface area contributed by atoms with Crippen LogP contribution in [0.5, 0.6) is 11.5 Å². The maximum Gasteiger partial charge on any atom is 0.338 e. The van der Waals surface area contributed by atoms with Gasteiger partial charge < -0.3 is 19.5 Å². The first-order valence-corrected chi connectivity index (χ1v) is 9.95. The number of benzene rings is 1. The van der Waals surface area contributed by atoms with Gasteiger partial charge in [0.05, 0.1) is 24.3 Å². The molecule has 0 saturated heterocycles. The van der Waals surface area contributed by atoms with Gasteiger partial charge in [0.2, 0.25) is 0 Å². The van der Waals surface area contributed by atoms with Crippen molar-refractivity contribution in [1.82, 2.24) is 10.6 Å². The lowest BCUT2D eigenvalue weighted by molar-refractivity contribution is -0.123. The summed E-state index contributed by atoms with van der Waals surface area (Å²) in [7, 11) is 1.43. The van der Waals surface area contributed by atoms with Crippen LogP contribution in [-0.4, -0.2) is 44.3 Å². The molecule has 2 rings (SSSR count). The van der Waals surface area contributed by atoms with Crippen molar-refractivity contribution in [2.45, 2.75) is 45.6 Å². The molecule has 8 nitrogen and oxygen atoms in total. The number of halogens is 1. The number of nitrogens with one attached hydrogen (secondary N) is 2. The zero-order valence-electron chi connectivity index (χ0n) is 16.9. The molecule has 2 N–H and O–H groups in total. The summed E-state index contributed by atoms with van der Waals surface area (Å²) in [4.78, 5) is 35.9. The fraction of sp³-hybridized carbons (Fsp3) is 0.550. The second-order valence-corrected chi connectivity index (χ2v) is 7.68. The van der Waals surface area contributed by atoms with Crippen molar-refractivity contribution >= 4 is 29.5 Å². The van der Waals surface area contributed by atoms with Crippen molar-refractivity contribution in [3.05, 3.63) is 22.7 Å². The summed E-state index contributed by atoms with van der Waals surface area (Å²) < 4.78 is 15.8. The van der Waals surface area contributed by atoms with Gasteiger partial charge in [0.25, 0.3) is 5.91 Å². The number of esters is 1. The highest BCUT2D eigenvalue weighted by atomic mass is 35.5. The third-order valence-electron chi connectivity index (χ3n) is 4.30. The molecule has 1 fully saturated rings. The van der Waals surface area contributed by atoms with E-state index in [1.807, 2.05) is 13.8 Å². The molecule has 0 aromatic heterocycles. The van der Waals surface area contributed by atoms with Gasteiger partial charge in [-0.2, -0.15) is 0 Å². The number of ether oxygens (including phenoxy) is 3. The smallest absolute Gasteiger partial charge is 0.338 e. The highest BCUT2D eigenvalue weighted by Gasteiger charge is 2.20. The second kappa shape index (κ2) is 10.9. The van der Waals surface area contributed by atoms with E-state index in [9.17, 15) is 14.4 Å². The Balaban J connectivity index is 1.89. The van der Waals surface area contributed by atoms with Gasteiger partial charge in [-0.05, 0) is 30.9 Å². The number of hydrogen-bond acceptors (Lipinski definition) is 6. The molecular weight excluding hydrogens is 400 g/mol. The van der Waals surface area contributed by atoms with Crippen LogP contribution < -0.4 is 20.1 Å². The van der Waals surface area contributed by atoms with E-state index in [0.717, 1.165) is 25.7 Å². The number of amides is 3. The predicted octanol–water partition coefficient (Wildman–Crippen LogP) is 3.31. The third kappa shape index (κ3) is 7.12. The molecule has 1 aliphatic rings. The van der Waals surface area contributed by atoms with E-state index in [1.54, 1.807) is 0 Å². The fourth-order valence-corrected chi connectivity index (χ4v) is 3.16. The number of methoxy groups -OCH3 is 1. The van der Waals surface area contributed by atoms with Crippen LogP contribution >= 0.6 is 11.6 Å². The summed E-state index contributed by atoms with van der Waals surface area (Å²) in [5, 5.41) is 5.06. The summed E-state index contributed by atoms with van der Waals surface area (Å²) >= 11 is 6.21. The number of carbonyl (C=O) groups is 3. The Kier molecular flexibility index (Phi) is 8.57. The molecule has 0 unspecified atom stereocenters. The van der Waals surface area contributed by atoms with Crippen molar-refractivity contribution in [2.75, 3.05) is 20.3 Å². The van der Waals surface area contributed by atoms with E-state index in [1.165, 1.54) is 19.2 Å². The molecule has 0 aliphatic heterocycles. The minimum atomic E-state index is -0.771. The lowest BCUT2D eigenvalue weighted by atomic mass is 10.2. The van der Waals surface area contributed by atoms with E-state index in [4.69, 9.17) is 25.8 Å². The van der Waals surface area contributed by atoms with E-state index in [2.05, 4.69) is 10.6 Å². The zero-order valence-corrected chi connectivity index (χ0v) is 17.6. The molecule has 1 aliphatic carbocycles. The van der Waals surface area contributed by atoms with Crippen molar-refractivity contribution in [3.8, 4) is 11.5 Å². The normalized spacial score (nSPS) is 13.8. The summed E-state index contributed by atoms with van der Waals surface area (Å²) in [5.74, 6) is -0.591. The van der Waals surface area contributed by atoms with Gasteiger partial charge in [-0.1, -0.05) is 38.3 Å². The van der Waals surface area contributed by atoms with Gasteiger partial charge in [0.15, 0.2) is 18.1 Å². The van der Waals surface area contributed by atoms with Gasteiger partial charge >= 0.3 is 12.0 Å². The standard InChI is InChI=1S/C20H27ClN2O6/c1-12(2)10-28-18-15(21)8-13(9-16(18)27-3)19(25)29-11-17(24)23-20(26)22-14-6-4-5-7-14/h8-9,12,14H,4-7,10-11H2,1-3H3,(H2,22,23,24,26). The molecule has 3 amide bonds. The SMILES string of the molecule is COc1cc(C(=O)OCC(=O)NC(=O)NC2CCCC2)cc(Cl)c1OCC(C)C. The number of rotatable bonds is 8. The van der Waals surface area contributed by atoms with Crippen LogP contribution in [0.25, 0.3) is 0 Å². The molecule has 0 radical (unpaired) electrons. The monoisotopic (exact) mass is 426 g/mol. The lowest BCUT2D eigenvalue weighted by Gasteiger charge is -2.15. The van der Waals surface area contributed by atoms with Gasteiger partial charge in [0, 0.05) is 6.04 Å². The maximum atomic E-state index is 12.3. The van der Waals surface area contributed by atoms with Gasteiger partial charge in [0.1, 0.15) is 0 Å². The van der Waals surface area contributed by atoms with Crippen LogP contribution in [-0.2, 0) is 9.53 Å². The van der Waals surface area contributed by atoms with Crippen molar-refractivity contribution in [2.24, 2.45) is 5.92 Å². The molecule has 0 bridgehead atoms. The Bertz CT molecular complexity index is 747. The van der Waals surface area contributed by atoms with E-state index in [0.29, 0.717) is 12.4 Å². The molecule has 0 heterocycles. The van der Waals surface area contributed by atoms with Crippen molar-refractivity contribution in [1.29, 1.82) is 0 Å². The maximum absolute atomic E-state index is 12.3. The Morgan fingerprint density at radius 3 is 2.52 bits per heavy atom. The summed E-state index contributed by atoms with van der Waals surface area (Å²) in [6.07, 6.45) is 3.92. The molecule has 1 aromatic carbocycles. The predicted molar refractivity (Wildman–Crippen MR) is 108 cm³/mol. The number of imide groups is 1. The zero-order chi connectivity index (χ0) is 21.4. The Morgan fingerprint density at radius 2 is 1.90 bits per heavy atom. The van der Waals surface area contributed by atoms with Gasteiger partial charge in [-0.25, -0.2) is 9.59 Å². The fourth-order valence-electron chi connectivity index (χ4n) is 2.90. The molecule has 9 heteroatoms. The van der Waals surface area contributed by atoms with Crippen LogP contribution in [0.15, 0.2) is 12.1 Å². The van der Waals surface area contributed by atoms with E-state index in [-0.39, 0.29) is 28.3 Å². The van der Waals surface area contributed by atoms with Crippen LogP contribution in [0.4, 0.5) is 4.79 Å². The van der Waals surface area contributed by atoms with Gasteiger partial charge in [-0.15, -0.1) is 0 Å². The molecule has 0 spiro atoms. The average molecular weight is 427 g/mol. The largest absolute Gasteiger partial charge is 0.493 e. The average Bonchev–Trinajstić information content (AvgIpc) is 3.17. The van der Waals surface area contributed by atoms with E-state index < -0.39 is 24.5 Å². The van der Waals surface area contributed by atoms with E-state index >= 15 is 0 Å². The van der Waals surface area contributed by atoms with Crippen molar-refractivity contribution in [3.63, 3.8) is 0 Å². The molecule has 29 heavy (non-hydrogen) atoms. The summed E-state index contributed by atoms with van der Waals surface area (Å²) in [6.45, 7) is 3.82. The third-order valence-corrected chi connectivity index (χ3v) is 4.58. The quantitative estimate of drug-likeness (QED) is 0.618. The first-order chi connectivity index (χ1) is 13.8. The highest BCUT2D eigenvalue weighted by molar-refractivity contribution is 6.32. The lowest BCUT2D eigenvalue weighted by Crippen LogP contribution is -2.44. The summed E-state index contributed by atoms with van der Waals surface area (Å²) in [6, 6.07) is 2.30. The molecule has 160 valence electrons. The first-order valence-electron chi connectivity index (χ1n) is 9.58.